The average molecular weight is 283 g/mol. The molecule has 0 spiro atoms. The quantitative estimate of drug-likeness (QED) is 0.859. The molecule has 0 aliphatic heterocycles. The molecule has 3 heteroatoms. The highest BCUT2D eigenvalue weighted by Crippen LogP contribution is 2.27. The van der Waals surface area contributed by atoms with Crippen LogP contribution in [0.15, 0.2) is 30.5 Å². The number of fused-ring (bicyclic) bond motifs is 1. The lowest BCUT2D eigenvalue weighted by molar-refractivity contribution is 0.0900. The summed E-state index contributed by atoms with van der Waals surface area (Å²) < 4.78 is 7.11. The van der Waals surface area contributed by atoms with Gasteiger partial charge in [0.2, 0.25) is 5.91 Å². The first-order valence-corrected chi connectivity index (χ1v) is 7.55. The molecule has 1 aliphatic carbocycles. The van der Waals surface area contributed by atoms with Crippen molar-refractivity contribution in [3.63, 3.8) is 0 Å². The molecule has 0 fully saturated rings. The minimum Gasteiger partial charge on any atom is -0.497 e. The molecule has 3 rings (SSSR count). The van der Waals surface area contributed by atoms with Gasteiger partial charge in [0.15, 0.2) is 0 Å². The van der Waals surface area contributed by atoms with Gasteiger partial charge in [-0.15, -0.1) is 0 Å². The van der Waals surface area contributed by atoms with Crippen LogP contribution in [-0.4, -0.2) is 17.6 Å². The first kappa shape index (κ1) is 13.9. The second-order valence-corrected chi connectivity index (χ2v) is 5.71. The van der Waals surface area contributed by atoms with Crippen molar-refractivity contribution in [3.05, 3.63) is 52.8 Å². The highest BCUT2D eigenvalue weighted by atomic mass is 16.5. The van der Waals surface area contributed by atoms with Crippen LogP contribution in [0, 0.1) is 6.92 Å². The third kappa shape index (κ3) is 2.73. The first-order valence-electron chi connectivity index (χ1n) is 7.55. The van der Waals surface area contributed by atoms with Gasteiger partial charge in [0, 0.05) is 18.3 Å². The number of benzene rings is 1. The maximum Gasteiger partial charge on any atom is 0.231 e. The highest BCUT2D eigenvalue weighted by molar-refractivity contribution is 5.81. The van der Waals surface area contributed by atoms with Crippen LogP contribution in [0.5, 0.6) is 5.75 Å². The number of ether oxygens (including phenoxy) is 1. The molecule has 0 saturated carbocycles. The van der Waals surface area contributed by atoms with Gasteiger partial charge in [-0.1, -0.05) is 12.1 Å². The summed E-state index contributed by atoms with van der Waals surface area (Å²) >= 11 is 0. The van der Waals surface area contributed by atoms with Gasteiger partial charge in [0.05, 0.1) is 7.11 Å². The molecule has 0 radical (unpaired) electrons. The monoisotopic (exact) mass is 283 g/mol. The minimum absolute atomic E-state index is 0.198. The molecular formula is C18H21NO2. The zero-order valence-electron chi connectivity index (χ0n) is 12.7. The molecule has 2 aromatic rings. The van der Waals surface area contributed by atoms with E-state index in [0.717, 1.165) is 30.6 Å². The summed E-state index contributed by atoms with van der Waals surface area (Å²) in [5, 5.41) is 0. The fourth-order valence-electron chi connectivity index (χ4n) is 3.19. The van der Waals surface area contributed by atoms with Gasteiger partial charge < -0.3 is 4.74 Å². The van der Waals surface area contributed by atoms with Gasteiger partial charge >= 0.3 is 0 Å². The van der Waals surface area contributed by atoms with Crippen molar-refractivity contribution in [2.24, 2.45) is 0 Å². The minimum atomic E-state index is 0.198. The number of carbonyl (C=O) groups excluding carboxylic acids is 1. The Hall–Kier alpha value is -2.03. The second kappa shape index (κ2) is 5.76. The molecular weight excluding hydrogens is 262 g/mol. The van der Waals surface area contributed by atoms with Crippen LogP contribution in [0.3, 0.4) is 0 Å². The maximum atomic E-state index is 12.5. The van der Waals surface area contributed by atoms with E-state index in [1.165, 1.54) is 23.2 Å². The van der Waals surface area contributed by atoms with Crippen LogP contribution in [0.4, 0.5) is 0 Å². The SMILES string of the molecule is COc1cccc(CCC(=O)n2cc(C)c3c2CCC3)c1. The second-order valence-electron chi connectivity index (χ2n) is 5.71. The Bertz CT molecular complexity index is 670. The molecule has 0 N–H and O–H groups in total. The number of carbonyl (C=O) groups is 1. The summed E-state index contributed by atoms with van der Waals surface area (Å²) in [6, 6.07) is 7.93. The van der Waals surface area contributed by atoms with Crippen molar-refractivity contribution in [2.45, 2.75) is 39.0 Å². The van der Waals surface area contributed by atoms with E-state index >= 15 is 0 Å². The van der Waals surface area contributed by atoms with Gasteiger partial charge in [-0.25, -0.2) is 0 Å². The molecule has 0 amide bonds. The Kier molecular flexibility index (Phi) is 3.82. The summed E-state index contributed by atoms with van der Waals surface area (Å²) in [5.74, 6) is 1.04. The van der Waals surface area contributed by atoms with E-state index in [4.69, 9.17) is 4.74 Å². The van der Waals surface area contributed by atoms with Gasteiger partial charge in [0.1, 0.15) is 5.75 Å². The number of hydrogen-bond acceptors (Lipinski definition) is 2. The van der Waals surface area contributed by atoms with Gasteiger partial charge in [0.25, 0.3) is 0 Å². The number of methoxy groups -OCH3 is 1. The highest BCUT2D eigenvalue weighted by Gasteiger charge is 2.21. The largest absolute Gasteiger partial charge is 0.497 e. The van der Waals surface area contributed by atoms with Crippen molar-refractivity contribution < 1.29 is 9.53 Å². The van der Waals surface area contributed by atoms with Crippen molar-refractivity contribution in [1.29, 1.82) is 0 Å². The van der Waals surface area contributed by atoms with Crippen molar-refractivity contribution >= 4 is 5.91 Å². The summed E-state index contributed by atoms with van der Waals surface area (Å²) in [6.07, 6.45) is 6.63. The molecule has 1 aliphatic rings. The molecule has 3 nitrogen and oxygen atoms in total. The molecule has 0 unspecified atom stereocenters. The lowest BCUT2D eigenvalue weighted by atomic mass is 10.1. The fraction of sp³-hybridized carbons (Fsp3) is 0.389. The average Bonchev–Trinajstić information content (AvgIpc) is 3.09. The lowest BCUT2D eigenvalue weighted by Crippen LogP contribution is -2.13. The van der Waals surface area contributed by atoms with Gasteiger partial charge in [-0.05, 0) is 61.4 Å². The van der Waals surface area contributed by atoms with Crippen molar-refractivity contribution in [2.75, 3.05) is 7.11 Å². The normalized spacial score (nSPS) is 13.2. The van der Waals surface area contributed by atoms with Crippen LogP contribution in [0.25, 0.3) is 0 Å². The van der Waals surface area contributed by atoms with Crippen LogP contribution < -0.4 is 4.74 Å². The van der Waals surface area contributed by atoms with E-state index < -0.39 is 0 Å². The van der Waals surface area contributed by atoms with Crippen LogP contribution in [0.2, 0.25) is 0 Å². The standard InChI is InChI=1S/C18H21NO2/c1-13-12-19(17-8-4-7-16(13)17)18(20)10-9-14-5-3-6-15(11-14)21-2/h3,5-6,11-12H,4,7-10H2,1-2H3. The summed E-state index contributed by atoms with van der Waals surface area (Å²) in [4.78, 5) is 12.5. The molecule has 110 valence electrons. The molecule has 1 aromatic heterocycles. The van der Waals surface area contributed by atoms with Crippen LogP contribution >= 0.6 is 0 Å². The summed E-state index contributed by atoms with van der Waals surface area (Å²) in [5.41, 5.74) is 5.04. The van der Waals surface area contributed by atoms with E-state index in [-0.39, 0.29) is 5.91 Å². The van der Waals surface area contributed by atoms with E-state index in [2.05, 4.69) is 6.92 Å². The summed E-state index contributed by atoms with van der Waals surface area (Å²) in [6.45, 7) is 2.11. The number of aryl methyl sites for hydroxylation is 2. The first-order chi connectivity index (χ1) is 10.2. The van der Waals surface area contributed by atoms with Gasteiger partial charge in [-0.3, -0.25) is 9.36 Å². The maximum absolute atomic E-state index is 12.5. The lowest BCUT2D eigenvalue weighted by Gasteiger charge is -2.07. The van der Waals surface area contributed by atoms with E-state index in [9.17, 15) is 4.79 Å². The van der Waals surface area contributed by atoms with Crippen molar-refractivity contribution in [1.82, 2.24) is 4.57 Å². The molecule has 1 aromatic carbocycles. The Morgan fingerprint density at radius 2 is 2.19 bits per heavy atom. The van der Waals surface area contributed by atoms with E-state index in [1.54, 1.807) is 7.11 Å². The Labute approximate surface area is 125 Å². The predicted molar refractivity (Wildman–Crippen MR) is 83.1 cm³/mol. The number of nitrogens with zero attached hydrogens (tertiary/aromatic N) is 1. The zero-order valence-corrected chi connectivity index (χ0v) is 12.7. The predicted octanol–water partition coefficient (Wildman–Crippen LogP) is 3.57. The van der Waals surface area contributed by atoms with E-state index in [1.807, 2.05) is 35.0 Å². The van der Waals surface area contributed by atoms with Gasteiger partial charge in [-0.2, -0.15) is 0 Å². The topological polar surface area (TPSA) is 31.2 Å². The van der Waals surface area contributed by atoms with E-state index in [0.29, 0.717) is 6.42 Å². The molecule has 0 atom stereocenters. The number of aromatic nitrogens is 1. The molecule has 0 saturated heterocycles. The molecule has 1 heterocycles. The summed E-state index contributed by atoms with van der Waals surface area (Å²) in [7, 11) is 1.66. The Balaban J connectivity index is 1.71. The molecule has 21 heavy (non-hydrogen) atoms. The molecule has 0 bridgehead atoms. The van der Waals surface area contributed by atoms with Crippen LogP contribution in [0.1, 0.15) is 40.0 Å². The fourth-order valence-corrected chi connectivity index (χ4v) is 3.19. The third-order valence-corrected chi connectivity index (χ3v) is 4.31. The number of rotatable bonds is 4. The zero-order chi connectivity index (χ0) is 14.8. The van der Waals surface area contributed by atoms with Crippen molar-refractivity contribution in [3.8, 4) is 5.75 Å². The third-order valence-electron chi connectivity index (χ3n) is 4.31. The smallest absolute Gasteiger partial charge is 0.231 e. The van der Waals surface area contributed by atoms with Crippen LogP contribution in [-0.2, 0) is 19.3 Å². The Morgan fingerprint density at radius 3 is 3.00 bits per heavy atom. The number of hydrogen-bond donors (Lipinski definition) is 0. The Morgan fingerprint density at radius 1 is 1.33 bits per heavy atom.